The quantitative estimate of drug-likeness (QED) is 0.878. The molecule has 114 valence electrons. The Kier molecular flexibility index (Phi) is 4.40. The van der Waals surface area contributed by atoms with E-state index in [1.807, 2.05) is 6.07 Å². The van der Waals surface area contributed by atoms with E-state index >= 15 is 0 Å². The van der Waals surface area contributed by atoms with Gasteiger partial charge in [-0.05, 0) is 17.4 Å². The molecular formula is C14H23N7. The van der Waals surface area contributed by atoms with Crippen molar-refractivity contribution in [3.63, 3.8) is 0 Å². The maximum absolute atomic E-state index is 4.40. The third-order valence-corrected chi connectivity index (χ3v) is 3.60. The number of anilines is 2. The molecule has 0 aliphatic heterocycles. The topological polar surface area (TPSA) is 80.5 Å². The highest BCUT2D eigenvalue weighted by molar-refractivity contribution is 5.37. The van der Waals surface area contributed by atoms with E-state index in [1.165, 1.54) is 0 Å². The van der Waals surface area contributed by atoms with Gasteiger partial charge >= 0.3 is 0 Å². The van der Waals surface area contributed by atoms with Gasteiger partial charge in [-0.2, -0.15) is 20.1 Å². The lowest BCUT2D eigenvalue weighted by atomic mass is 9.82. The van der Waals surface area contributed by atoms with E-state index in [9.17, 15) is 0 Å². The van der Waals surface area contributed by atoms with Gasteiger partial charge in [0.2, 0.25) is 11.9 Å². The molecule has 0 radical (unpaired) electrons. The molecule has 2 aromatic heterocycles. The number of rotatable bonds is 5. The molecule has 1 unspecified atom stereocenters. The predicted molar refractivity (Wildman–Crippen MR) is 83.6 cm³/mol. The molecule has 0 saturated carbocycles. The molecule has 0 amide bonds. The van der Waals surface area contributed by atoms with Crippen LogP contribution in [0.25, 0.3) is 5.95 Å². The maximum atomic E-state index is 4.40. The lowest BCUT2D eigenvalue weighted by molar-refractivity contribution is 0.274. The first-order valence-corrected chi connectivity index (χ1v) is 7.08. The average molecular weight is 289 g/mol. The summed E-state index contributed by atoms with van der Waals surface area (Å²) in [4.78, 5) is 13.0. The van der Waals surface area contributed by atoms with Crippen molar-refractivity contribution in [3.8, 4) is 5.95 Å². The van der Waals surface area contributed by atoms with E-state index in [-0.39, 0.29) is 5.41 Å². The molecule has 0 fully saturated rings. The van der Waals surface area contributed by atoms with Crippen LogP contribution in [-0.2, 0) is 0 Å². The zero-order valence-electron chi connectivity index (χ0n) is 13.3. The molecule has 7 nitrogen and oxygen atoms in total. The molecule has 2 heterocycles. The van der Waals surface area contributed by atoms with Crippen molar-refractivity contribution in [2.75, 3.05) is 24.2 Å². The van der Waals surface area contributed by atoms with Crippen molar-refractivity contribution in [2.24, 2.45) is 11.3 Å². The highest BCUT2D eigenvalue weighted by atomic mass is 15.4. The lowest BCUT2D eigenvalue weighted by Gasteiger charge is -2.27. The van der Waals surface area contributed by atoms with Crippen molar-refractivity contribution >= 4 is 11.9 Å². The molecular weight excluding hydrogens is 266 g/mol. The van der Waals surface area contributed by atoms with Gasteiger partial charge in [0, 0.05) is 26.0 Å². The number of aromatic nitrogens is 5. The summed E-state index contributed by atoms with van der Waals surface area (Å²) in [7, 11) is 1.78. The fraction of sp³-hybridized carbons (Fsp3) is 0.571. The van der Waals surface area contributed by atoms with Gasteiger partial charge in [0.1, 0.15) is 0 Å². The Balaban J connectivity index is 2.18. The minimum atomic E-state index is 0.233. The Morgan fingerprint density at radius 1 is 1.19 bits per heavy atom. The van der Waals surface area contributed by atoms with Gasteiger partial charge in [0.05, 0.1) is 0 Å². The van der Waals surface area contributed by atoms with Gasteiger partial charge in [0.15, 0.2) is 0 Å². The first-order chi connectivity index (χ1) is 9.90. The van der Waals surface area contributed by atoms with Gasteiger partial charge in [-0.25, -0.2) is 4.68 Å². The SMILES string of the molecule is CNc1nc(NCC(C)C(C)(C)C)nc(-n2cccn2)n1. The van der Waals surface area contributed by atoms with Crippen LogP contribution in [-0.4, -0.2) is 38.3 Å². The summed E-state index contributed by atoms with van der Waals surface area (Å²) < 4.78 is 1.61. The fourth-order valence-electron chi connectivity index (χ4n) is 1.60. The van der Waals surface area contributed by atoms with Crippen LogP contribution in [0.4, 0.5) is 11.9 Å². The second kappa shape index (κ2) is 6.07. The third kappa shape index (κ3) is 3.90. The summed E-state index contributed by atoms with van der Waals surface area (Å²) in [5.74, 6) is 2.04. The van der Waals surface area contributed by atoms with Gasteiger partial charge in [-0.1, -0.05) is 27.7 Å². The van der Waals surface area contributed by atoms with Crippen LogP contribution >= 0.6 is 0 Å². The lowest BCUT2D eigenvalue weighted by Crippen LogP contribution is -2.25. The van der Waals surface area contributed by atoms with Gasteiger partial charge in [0.25, 0.3) is 5.95 Å². The third-order valence-electron chi connectivity index (χ3n) is 3.60. The molecule has 21 heavy (non-hydrogen) atoms. The smallest absolute Gasteiger partial charge is 0.257 e. The summed E-state index contributed by atoms with van der Waals surface area (Å²) in [5, 5.41) is 10.4. The molecule has 0 aliphatic carbocycles. The van der Waals surface area contributed by atoms with Crippen LogP contribution in [0, 0.1) is 11.3 Å². The highest BCUT2D eigenvalue weighted by Crippen LogP contribution is 2.25. The van der Waals surface area contributed by atoms with Crippen LogP contribution in [0.15, 0.2) is 18.5 Å². The Morgan fingerprint density at radius 2 is 1.90 bits per heavy atom. The minimum absolute atomic E-state index is 0.233. The molecule has 2 aromatic rings. The zero-order chi connectivity index (χ0) is 15.5. The standard InChI is InChI=1S/C14H23N7/c1-10(14(2,3)4)9-16-12-18-11(15-5)19-13(20-12)21-8-6-7-17-21/h6-8,10H,9H2,1-5H3,(H2,15,16,18,19,20). The van der Waals surface area contributed by atoms with E-state index in [0.717, 1.165) is 6.54 Å². The maximum Gasteiger partial charge on any atom is 0.257 e. The van der Waals surface area contributed by atoms with Crippen molar-refractivity contribution in [2.45, 2.75) is 27.7 Å². The second-order valence-corrected chi connectivity index (χ2v) is 6.13. The van der Waals surface area contributed by atoms with Gasteiger partial charge < -0.3 is 10.6 Å². The predicted octanol–water partition coefficient (Wildman–Crippen LogP) is 2.19. The van der Waals surface area contributed by atoms with Crippen LogP contribution in [0.1, 0.15) is 27.7 Å². The van der Waals surface area contributed by atoms with Crippen molar-refractivity contribution in [3.05, 3.63) is 18.5 Å². The first-order valence-electron chi connectivity index (χ1n) is 7.08. The van der Waals surface area contributed by atoms with Crippen LogP contribution in [0.5, 0.6) is 0 Å². The van der Waals surface area contributed by atoms with E-state index in [1.54, 1.807) is 24.1 Å². The van der Waals surface area contributed by atoms with Crippen molar-refractivity contribution in [1.82, 2.24) is 24.7 Å². The molecule has 0 aliphatic rings. The molecule has 2 rings (SSSR count). The van der Waals surface area contributed by atoms with Gasteiger partial charge in [-0.15, -0.1) is 0 Å². The Morgan fingerprint density at radius 3 is 2.48 bits per heavy atom. The van der Waals surface area contributed by atoms with Crippen molar-refractivity contribution in [1.29, 1.82) is 0 Å². The van der Waals surface area contributed by atoms with E-state index in [2.05, 4.69) is 58.4 Å². The monoisotopic (exact) mass is 289 g/mol. The number of nitrogens with one attached hydrogen (secondary N) is 2. The second-order valence-electron chi connectivity index (χ2n) is 6.13. The number of hydrogen-bond donors (Lipinski definition) is 2. The minimum Gasteiger partial charge on any atom is -0.357 e. The molecule has 2 N–H and O–H groups in total. The normalized spacial score (nSPS) is 13.0. The Labute approximate surface area is 125 Å². The van der Waals surface area contributed by atoms with E-state index in [0.29, 0.717) is 23.8 Å². The van der Waals surface area contributed by atoms with Crippen LogP contribution < -0.4 is 10.6 Å². The summed E-state index contributed by atoms with van der Waals surface area (Å²) in [6.45, 7) is 9.68. The number of nitrogens with zero attached hydrogens (tertiary/aromatic N) is 5. The average Bonchev–Trinajstić information content (AvgIpc) is 2.97. The summed E-state index contributed by atoms with van der Waals surface area (Å²) >= 11 is 0. The molecule has 0 spiro atoms. The Bertz CT molecular complexity index is 572. The highest BCUT2D eigenvalue weighted by Gasteiger charge is 2.20. The van der Waals surface area contributed by atoms with E-state index in [4.69, 9.17) is 0 Å². The fourth-order valence-corrected chi connectivity index (χ4v) is 1.60. The largest absolute Gasteiger partial charge is 0.357 e. The van der Waals surface area contributed by atoms with Crippen molar-refractivity contribution < 1.29 is 0 Å². The van der Waals surface area contributed by atoms with Crippen LogP contribution in [0.3, 0.4) is 0 Å². The summed E-state index contributed by atoms with van der Waals surface area (Å²) in [6, 6.07) is 1.83. The van der Waals surface area contributed by atoms with Gasteiger partial charge in [-0.3, -0.25) is 0 Å². The van der Waals surface area contributed by atoms with Crippen LogP contribution in [0.2, 0.25) is 0 Å². The summed E-state index contributed by atoms with van der Waals surface area (Å²) in [5.41, 5.74) is 0.233. The van der Waals surface area contributed by atoms with E-state index < -0.39 is 0 Å². The number of hydrogen-bond acceptors (Lipinski definition) is 6. The Hall–Kier alpha value is -2.18. The summed E-state index contributed by atoms with van der Waals surface area (Å²) in [6.07, 6.45) is 3.49. The molecule has 0 aromatic carbocycles. The molecule has 0 bridgehead atoms. The molecule has 0 saturated heterocycles. The molecule has 7 heteroatoms. The molecule has 1 atom stereocenters. The zero-order valence-corrected chi connectivity index (χ0v) is 13.3. The first kappa shape index (κ1) is 15.2.